The van der Waals surface area contributed by atoms with Crippen LogP contribution in [0.4, 0.5) is 0 Å². The van der Waals surface area contributed by atoms with Crippen molar-refractivity contribution in [2.75, 3.05) is 6.61 Å². The van der Waals surface area contributed by atoms with Crippen LogP contribution in [0.1, 0.15) is 35.4 Å². The molecular formula is C20H21N3O5. The Morgan fingerprint density at radius 2 is 1.79 bits per heavy atom. The number of hydrogen-bond acceptors (Lipinski definition) is 4. The van der Waals surface area contributed by atoms with E-state index in [1.54, 1.807) is 6.07 Å². The summed E-state index contributed by atoms with van der Waals surface area (Å²) in [7, 11) is 0. The van der Waals surface area contributed by atoms with E-state index in [2.05, 4.69) is 9.55 Å². The fourth-order valence-corrected chi connectivity index (χ4v) is 4.07. The number of carboxylic acids is 1. The summed E-state index contributed by atoms with van der Waals surface area (Å²) in [6.07, 6.45) is 3.66. The molecule has 1 aromatic carbocycles. The molecule has 1 aliphatic rings. The quantitative estimate of drug-likeness (QED) is 0.664. The van der Waals surface area contributed by atoms with Crippen LogP contribution in [0.3, 0.4) is 0 Å². The second kappa shape index (κ2) is 6.70. The van der Waals surface area contributed by atoms with E-state index in [9.17, 15) is 14.4 Å². The third-order valence-electron chi connectivity index (χ3n) is 5.27. The first kappa shape index (κ1) is 18.1. The van der Waals surface area contributed by atoms with Crippen LogP contribution in [0.5, 0.6) is 0 Å². The standard InChI is InChI=1S/C20H21N3O5/c1-11-7-8-12(2)22(11)15-9-16-18(14-6-4-3-5-13(14)15)21-19(26)20(27)23(16)28-10-17(24)25/h7-9H,3-6,10H2,1-2H3,(H,21,26)(H,24,25). The molecule has 0 saturated carbocycles. The van der Waals surface area contributed by atoms with Crippen LogP contribution in [0, 0.1) is 13.8 Å². The Hall–Kier alpha value is -3.29. The maximum absolute atomic E-state index is 12.4. The molecule has 8 heteroatoms. The normalized spacial score (nSPS) is 13.5. The Kier molecular flexibility index (Phi) is 4.33. The van der Waals surface area contributed by atoms with Crippen molar-refractivity contribution in [3.63, 3.8) is 0 Å². The molecule has 0 saturated heterocycles. The summed E-state index contributed by atoms with van der Waals surface area (Å²) < 4.78 is 2.93. The predicted molar refractivity (Wildman–Crippen MR) is 103 cm³/mol. The average Bonchev–Trinajstić information content (AvgIpc) is 3.00. The second-order valence-corrected chi connectivity index (χ2v) is 7.13. The lowest BCUT2D eigenvalue weighted by Gasteiger charge is -2.24. The van der Waals surface area contributed by atoms with Gasteiger partial charge in [0.1, 0.15) is 5.52 Å². The zero-order valence-electron chi connectivity index (χ0n) is 15.7. The van der Waals surface area contributed by atoms with Crippen LogP contribution in [0.25, 0.3) is 16.7 Å². The van der Waals surface area contributed by atoms with Gasteiger partial charge in [-0.15, -0.1) is 4.73 Å². The van der Waals surface area contributed by atoms with Gasteiger partial charge in [0.05, 0.1) is 11.2 Å². The van der Waals surface area contributed by atoms with Gasteiger partial charge in [0.2, 0.25) is 6.61 Å². The number of aliphatic carboxylic acids is 1. The van der Waals surface area contributed by atoms with Crippen LogP contribution in [-0.2, 0) is 17.6 Å². The van der Waals surface area contributed by atoms with Crippen molar-refractivity contribution < 1.29 is 14.7 Å². The highest BCUT2D eigenvalue weighted by atomic mass is 16.7. The third-order valence-corrected chi connectivity index (χ3v) is 5.27. The van der Waals surface area contributed by atoms with Crippen molar-refractivity contribution in [1.29, 1.82) is 0 Å². The number of benzene rings is 1. The first-order valence-electron chi connectivity index (χ1n) is 9.22. The first-order chi connectivity index (χ1) is 13.4. The fraction of sp³-hybridized carbons (Fsp3) is 0.350. The highest BCUT2D eigenvalue weighted by Gasteiger charge is 2.23. The number of nitrogens with one attached hydrogen (secondary N) is 1. The number of carbonyl (C=O) groups is 1. The van der Waals surface area contributed by atoms with Gasteiger partial charge in [-0.3, -0.25) is 9.59 Å². The van der Waals surface area contributed by atoms with E-state index in [1.807, 2.05) is 26.0 Å². The number of nitrogens with zero attached hydrogens (tertiary/aromatic N) is 2. The summed E-state index contributed by atoms with van der Waals surface area (Å²) in [5, 5.41) is 8.95. The van der Waals surface area contributed by atoms with Gasteiger partial charge in [0, 0.05) is 11.4 Å². The van der Waals surface area contributed by atoms with Gasteiger partial charge < -0.3 is 19.5 Å². The molecule has 0 unspecified atom stereocenters. The summed E-state index contributed by atoms with van der Waals surface area (Å²) in [6, 6.07) is 5.85. The molecule has 0 spiro atoms. The Labute approximate surface area is 159 Å². The zero-order chi connectivity index (χ0) is 20.0. The number of aromatic amines is 1. The van der Waals surface area contributed by atoms with Gasteiger partial charge in [-0.1, -0.05) is 0 Å². The topological polar surface area (TPSA) is 106 Å². The lowest BCUT2D eigenvalue weighted by molar-refractivity contribution is -0.142. The van der Waals surface area contributed by atoms with Crippen molar-refractivity contribution in [2.45, 2.75) is 39.5 Å². The van der Waals surface area contributed by atoms with Gasteiger partial charge in [-0.25, -0.2) is 4.79 Å². The Balaban J connectivity index is 2.10. The number of hydrogen-bond donors (Lipinski definition) is 2. The van der Waals surface area contributed by atoms with Crippen LogP contribution in [0.15, 0.2) is 27.8 Å². The second-order valence-electron chi connectivity index (χ2n) is 7.13. The van der Waals surface area contributed by atoms with Crippen LogP contribution < -0.4 is 16.0 Å². The molecule has 8 nitrogen and oxygen atoms in total. The number of aromatic nitrogens is 3. The third kappa shape index (κ3) is 2.81. The van der Waals surface area contributed by atoms with Gasteiger partial charge in [-0.2, -0.15) is 0 Å². The lowest BCUT2D eigenvalue weighted by atomic mass is 9.89. The SMILES string of the molecule is Cc1ccc(C)n1-c1cc2c([nH]c(=O)c(=O)n2OCC(=O)O)c2c1CCCC2. The molecule has 0 atom stereocenters. The minimum Gasteiger partial charge on any atom is -0.479 e. The molecule has 0 amide bonds. The largest absolute Gasteiger partial charge is 0.479 e. The molecule has 4 rings (SSSR count). The van der Waals surface area contributed by atoms with Gasteiger partial charge in [0.15, 0.2) is 0 Å². The Bertz CT molecular complexity index is 1200. The lowest BCUT2D eigenvalue weighted by Crippen LogP contribution is -2.41. The summed E-state index contributed by atoms with van der Waals surface area (Å²) in [4.78, 5) is 43.4. The van der Waals surface area contributed by atoms with Gasteiger partial charge >= 0.3 is 17.1 Å². The van der Waals surface area contributed by atoms with E-state index < -0.39 is 23.7 Å². The molecule has 2 aromatic heterocycles. The zero-order valence-corrected chi connectivity index (χ0v) is 15.7. The summed E-state index contributed by atoms with van der Waals surface area (Å²) in [5.41, 5.74) is 4.30. The highest BCUT2D eigenvalue weighted by Crippen LogP contribution is 2.33. The monoisotopic (exact) mass is 383 g/mol. The number of carboxylic acid groups (broad SMARTS) is 1. The van der Waals surface area contributed by atoms with Crippen LogP contribution >= 0.6 is 0 Å². The van der Waals surface area contributed by atoms with Crippen molar-refractivity contribution in [1.82, 2.24) is 14.3 Å². The minimum atomic E-state index is -1.23. The maximum atomic E-state index is 12.4. The van der Waals surface area contributed by atoms with Crippen molar-refractivity contribution in [3.8, 4) is 5.69 Å². The van der Waals surface area contributed by atoms with E-state index in [-0.39, 0.29) is 0 Å². The van der Waals surface area contributed by atoms with Gasteiger partial charge in [-0.05, 0) is 68.9 Å². The van der Waals surface area contributed by atoms with Crippen LogP contribution in [-0.4, -0.2) is 32.0 Å². The first-order valence-corrected chi connectivity index (χ1v) is 9.22. The molecule has 0 radical (unpaired) electrons. The van der Waals surface area contributed by atoms with Gasteiger partial charge in [0.25, 0.3) is 0 Å². The molecule has 28 heavy (non-hydrogen) atoms. The average molecular weight is 383 g/mol. The molecule has 2 N–H and O–H groups in total. The summed E-state index contributed by atoms with van der Waals surface area (Å²) >= 11 is 0. The van der Waals surface area contributed by atoms with E-state index in [4.69, 9.17) is 9.94 Å². The molecule has 0 fully saturated rings. The summed E-state index contributed by atoms with van der Waals surface area (Å²) in [5.74, 6) is -1.23. The van der Waals surface area contributed by atoms with Crippen LogP contribution in [0.2, 0.25) is 0 Å². The molecule has 3 aromatic rings. The Morgan fingerprint density at radius 1 is 1.14 bits per heavy atom. The van der Waals surface area contributed by atoms with Crippen molar-refractivity contribution in [2.24, 2.45) is 0 Å². The van der Waals surface area contributed by atoms with E-state index in [1.165, 1.54) is 0 Å². The fourth-order valence-electron chi connectivity index (χ4n) is 4.07. The molecule has 0 bridgehead atoms. The van der Waals surface area contributed by atoms with Crippen molar-refractivity contribution in [3.05, 3.63) is 61.4 Å². The number of aryl methyl sites for hydroxylation is 3. The minimum absolute atomic E-state index is 0.369. The number of H-pyrrole nitrogens is 1. The highest BCUT2D eigenvalue weighted by molar-refractivity contribution is 5.83. The number of rotatable bonds is 4. The molecule has 0 aliphatic heterocycles. The van der Waals surface area contributed by atoms with E-state index in [0.29, 0.717) is 11.0 Å². The smallest absolute Gasteiger partial charge is 0.349 e. The predicted octanol–water partition coefficient (Wildman–Crippen LogP) is 1.49. The summed E-state index contributed by atoms with van der Waals surface area (Å²) in [6.45, 7) is 3.30. The number of fused-ring (bicyclic) bond motifs is 3. The molecule has 1 aliphatic carbocycles. The van der Waals surface area contributed by atoms with Crippen molar-refractivity contribution >= 4 is 17.0 Å². The maximum Gasteiger partial charge on any atom is 0.349 e. The Morgan fingerprint density at radius 3 is 2.43 bits per heavy atom. The molecular weight excluding hydrogens is 362 g/mol. The molecule has 2 heterocycles. The van der Waals surface area contributed by atoms with E-state index >= 15 is 0 Å². The molecule has 146 valence electrons. The van der Waals surface area contributed by atoms with E-state index in [0.717, 1.165) is 58.6 Å².